The van der Waals surface area contributed by atoms with Crippen LogP contribution in [0.15, 0.2) is 70.7 Å². The third kappa shape index (κ3) is 2.42. The molecule has 0 fully saturated rings. The van der Waals surface area contributed by atoms with Crippen molar-refractivity contribution in [3.8, 4) is 5.75 Å². The van der Waals surface area contributed by atoms with E-state index in [0.717, 1.165) is 11.1 Å². The number of anilines is 1. The molecule has 2 aromatic carbocycles. The van der Waals surface area contributed by atoms with Gasteiger partial charge in [0.2, 0.25) is 0 Å². The Morgan fingerprint density at radius 1 is 1.00 bits per heavy atom. The van der Waals surface area contributed by atoms with Crippen LogP contribution in [0.1, 0.15) is 19.4 Å². The van der Waals surface area contributed by atoms with Crippen LogP contribution in [0, 0.1) is 0 Å². The summed E-state index contributed by atoms with van der Waals surface area (Å²) in [7, 11) is 4.01. The van der Waals surface area contributed by atoms with Crippen LogP contribution < -0.4 is 9.42 Å². The zero-order valence-corrected chi connectivity index (χ0v) is 17.1. The molecule has 0 bridgehead atoms. The monoisotopic (exact) mass is 383 g/mol. The summed E-state index contributed by atoms with van der Waals surface area (Å²) in [6.07, 6.45) is -0.614. The zero-order valence-electron chi connectivity index (χ0n) is 15.4. The van der Waals surface area contributed by atoms with Crippen molar-refractivity contribution in [3.63, 3.8) is 0 Å². The lowest BCUT2D eigenvalue weighted by molar-refractivity contribution is 0.507. The quantitative estimate of drug-likeness (QED) is 0.687. The molecule has 0 N–H and O–H groups in total. The van der Waals surface area contributed by atoms with Gasteiger partial charge >= 0.3 is 0 Å². The minimum atomic E-state index is -2.51. The van der Waals surface area contributed by atoms with E-state index in [1.165, 1.54) is 16.9 Å². The van der Waals surface area contributed by atoms with Crippen LogP contribution in [0.4, 0.5) is 5.69 Å². The van der Waals surface area contributed by atoms with Crippen molar-refractivity contribution in [2.45, 2.75) is 19.3 Å². The van der Waals surface area contributed by atoms with Crippen LogP contribution in [-0.2, 0) is 17.2 Å². The summed E-state index contributed by atoms with van der Waals surface area (Å²) >= 11 is 6.10. The van der Waals surface area contributed by atoms with E-state index in [9.17, 15) is 0 Å². The van der Waals surface area contributed by atoms with Gasteiger partial charge in [-0.25, -0.2) is 4.78 Å². The van der Waals surface area contributed by atoms with Crippen LogP contribution in [0.2, 0.25) is 0 Å². The third-order valence-electron chi connectivity index (χ3n) is 5.11. The lowest BCUT2D eigenvalue weighted by Crippen LogP contribution is -2.26. The Kier molecular flexibility index (Phi) is 3.98. The van der Waals surface area contributed by atoms with Crippen LogP contribution in [0.5, 0.6) is 5.75 Å². The Hall–Kier alpha value is -2.10. The molecule has 6 heteroatoms. The average molecular weight is 383 g/mol. The molecule has 1 atom stereocenters. The number of hydrazone groups is 1. The molecule has 2 aliphatic rings. The maximum atomic E-state index is 6.38. The first-order valence-electron chi connectivity index (χ1n) is 8.57. The van der Waals surface area contributed by atoms with Crippen LogP contribution >= 0.6 is 6.42 Å². The minimum absolute atomic E-state index is 0.165. The molecular formula is C20H22N3OPS. The molecule has 1 unspecified atom stereocenters. The van der Waals surface area contributed by atoms with Gasteiger partial charge in [-0.15, -0.1) is 0 Å². The van der Waals surface area contributed by atoms with Crippen LogP contribution in [0.3, 0.4) is 0 Å². The standard InChI is InChI=1S/C20H22N3OPS/c1-20(2)16-12-8-9-13-17(16)22(3)19(20)18-14-21-23(4)25(18,26)24-15-10-6-5-7-11-15/h5-14H,1-4H3. The van der Waals surface area contributed by atoms with E-state index in [2.05, 4.69) is 55.2 Å². The predicted molar refractivity (Wildman–Crippen MR) is 113 cm³/mol. The van der Waals surface area contributed by atoms with Gasteiger partial charge in [0, 0.05) is 30.9 Å². The molecule has 2 heterocycles. The number of hydrogen-bond acceptors (Lipinski definition) is 4. The molecule has 0 aromatic heterocycles. The molecule has 2 aromatic rings. The highest BCUT2D eigenvalue weighted by Crippen LogP contribution is 2.64. The largest absolute Gasteiger partial charge is 0.444 e. The van der Waals surface area contributed by atoms with Gasteiger partial charge in [0.25, 0.3) is 6.42 Å². The predicted octanol–water partition coefficient (Wildman–Crippen LogP) is 4.95. The summed E-state index contributed by atoms with van der Waals surface area (Å²) in [5.74, 6) is 0.780. The number of hydrogen-bond donors (Lipinski definition) is 0. The molecular weight excluding hydrogens is 361 g/mol. The molecule has 26 heavy (non-hydrogen) atoms. The molecule has 0 radical (unpaired) electrons. The molecule has 134 valence electrons. The number of para-hydroxylation sites is 2. The Labute approximate surface area is 159 Å². The molecule has 4 rings (SSSR count). The summed E-state index contributed by atoms with van der Waals surface area (Å²) in [6.45, 7) is 4.48. The van der Waals surface area contributed by atoms with Gasteiger partial charge in [0.05, 0.1) is 11.5 Å². The van der Waals surface area contributed by atoms with Crippen LogP contribution in [-0.4, -0.2) is 25.1 Å². The molecule has 2 aliphatic heterocycles. The van der Waals surface area contributed by atoms with Crippen molar-refractivity contribution in [1.82, 2.24) is 4.78 Å². The van der Waals surface area contributed by atoms with E-state index >= 15 is 0 Å². The molecule has 0 amide bonds. The Morgan fingerprint density at radius 2 is 1.65 bits per heavy atom. The normalized spacial score (nSPS) is 26.3. The summed E-state index contributed by atoms with van der Waals surface area (Å²) < 4.78 is 8.21. The van der Waals surface area contributed by atoms with Crippen molar-refractivity contribution < 1.29 is 4.52 Å². The van der Waals surface area contributed by atoms with Crippen LogP contribution in [0.25, 0.3) is 0 Å². The second-order valence-corrected chi connectivity index (χ2v) is 10.9. The topological polar surface area (TPSA) is 28.1 Å². The Bertz CT molecular complexity index is 968. The second-order valence-electron chi connectivity index (χ2n) is 7.09. The summed E-state index contributed by atoms with van der Waals surface area (Å²) in [4.78, 5) is 2.24. The van der Waals surface area contributed by atoms with E-state index < -0.39 is 6.42 Å². The van der Waals surface area contributed by atoms with Crippen molar-refractivity contribution in [3.05, 3.63) is 71.2 Å². The van der Waals surface area contributed by atoms with Crippen molar-refractivity contribution in [2.75, 3.05) is 19.0 Å². The SMILES string of the molecule is CN1C(=C2C=NN(C)P2(=S)Oc2ccccc2)C(C)(C)c2ccccc21. The smallest absolute Gasteiger partial charge is 0.253 e. The second kappa shape index (κ2) is 5.97. The fourth-order valence-corrected chi connectivity index (χ4v) is 6.62. The highest BCUT2D eigenvalue weighted by atomic mass is 32.4. The van der Waals surface area contributed by atoms with Gasteiger partial charge in [0.1, 0.15) is 5.75 Å². The maximum Gasteiger partial charge on any atom is 0.253 e. The number of fused-ring (bicyclic) bond motifs is 1. The average Bonchev–Trinajstić information content (AvgIpc) is 3.01. The first-order chi connectivity index (χ1) is 12.4. The molecule has 0 spiro atoms. The van der Waals surface area contributed by atoms with E-state index in [1.807, 2.05) is 48.4 Å². The number of rotatable bonds is 2. The highest BCUT2D eigenvalue weighted by molar-refractivity contribution is 8.13. The molecule has 0 aliphatic carbocycles. The fourth-order valence-electron chi connectivity index (χ4n) is 3.82. The molecule has 0 saturated carbocycles. The maximum absolute atomic E-state index is 6.38. The van der Waals surface area contributed by atoms with Gasteiger partial charge in [-0.2, -0.15) is 5.10 Å². The van der Waals surface area contributed by atoms with E-state index in [1.54, 1.807) is 0 Å². The van der Waals surface area contributed by atoms with Gasteiger partial charge in [-0.05, 0) is 35.6 Å². The lowest BCUT2D eigenvalue weighted by Gasteiger charge is -2.31. The van der Waals surface area contributed by atoms with Gasteiger partial charge in [0.15, 0.2) is 0 Å². The van der Waals surface area contributed by atoms with Gasteiger partial charge < -0.3 is 9.42 Å². The van der Waals surface area contributed by atoms with Crippen molar-refractivity contribution in [1.29, 1.82) is 0 Å². The zero-order chi connectivity index (χ0) is 18.5. The summed E-state index contributed by atoms with van der Waals surface area (Å²) in [5, 5.41) is 5.53. The number of allylic oxidation sites excluding steroid dienone is 2. The number of likely N-dealkylation sites (N-methyl/N-ethyl adjacent to an activating group) is 1. The van der Waals surface area contributed by atoms with E-state index in [0.29, 0.717) is 0 Å². The summed E-state index contributed by atoms with van der Waals surface area (Å²) in [5.41, 5.74) is 3.52. The first-order valence-corrected chi connectivity index (χ1v) is 11.2. The van der Waals surface area contributed by atoms with Gasteiger partial charge in [-0.1, -0.05) is 50.2 Å². The van der Waals surface area contributed by atoms with E-state index in [4.69, 9.17) is 16.3 Å². The lowest BCUT2D eigenvalue weighted by atomic mass is 9.84. The number of nitrogens with zero attached hydrogens (tertiary/aromatic N) is 3. The fraction of sp³-hybridized carbons (Fsp3) is 0.250. The minimum Gasteiger partial charge on any atom is -0.444 e. The Balaban J connectivity index is 1.88. The first kappa shape index (κ1) is 17.3. The molecule has 4 nitrogen and oxygen atoms in total. The molecule has 0 saturated heterocycles. The third-order valence-corrected chi connectivity index (χ3v) is 8.90. The van der Waals surface area contributed by atoms with Gasteiger partial charge in [-0.3, -0.25) is 0 Å². The Morgan fingerprint density at radius 3 is 2.35 bits per heavy atom. The summed E-state index contributed by atoms with van der Waals surface area (Å²) in [6, 6.07) is 18.3. The number of benzene rings is 2. The van der Waals surface area contributed by atoms with Crippen molar-refractivity contribution >= 4 is 30.1 Å². The highest BCUT2D eigenvalue weighted by Gasteiger charge is 2.46. The van der Waals surface area contributed by atoms with Crippen molar-refractivity contribution in [2.24, 2.45) is 5.10 Å². The van der Waals surface area contributed by atoms with E-state index in [-0.39, 0.29) is 5.41 Å².